The van der Waals surface area contributed by atoms with Crippen molar-refractivity contribution < 1.29 is 13.2 Å². The van der Waals surface area contributed by atoms with Crippen molar-refractivity contribution in [3.8, 4) is 0 Å². The molecule has 1 N–H and O–H groups in total. The van der Waals surface area contributed by atoms with Crippen molar-refractivity contribution in [2.24, 2.45) is 0 Å². The Labute approximate surface area is 98.4 Å². The van der Waals surface area contributed by atoms with E-state index < -0.39 is 12.7 Å². The highest BCUT2D eigenvalue weighted by molar-refractivity contribution is 5.30. The lowest BCUT2D eigenvalue weighted by Crippen LogP contribution is -2.34. The van der Waals surface area contributed by atoms with Crippen LogP contribution in [0, 0.1) is 0 Å². The average Bonchev–Trinajstić information content (AvgIpc) is 2.65. The minimum Gasteiger partial charge on any atom is -0.307 e. The number of hydrogen-bond acceptors (Lipinski definition) is 2. The van der Waals surface area contributed by atoms with Gasteiger partial charge in [-0.2, -0.15) is 13.2 Å². The van der Waals surface area contributed by atoms with Gasteiger partial charge in [-0.3, -0.25) is 4.90 Å². The third-order valence-electron chi connectivity index (χ3n) is 2.84. The van der Waals surface area contributed by atoms with E-state index in [1.807, 2.05) is 12.1 Å². The predicted octanol–water partition coefficient (Wildman–Crippen LogP) is 2.15. The summed E-state index contributed by atoms with van der Waals surface area (Å²) < 4.78 is 35.7. The second kappa shape index (κ2) is 5.06. The lowest BCUT2D eigenvalue weighted by molar-refractivity contribution is -0.124. The molecule has 5 heteroatoms. The van der Waals surface area contributed by atoms with E-state index in [0.717, 1.165) is 13.1 Å². The number of nitrogens with one attached hydrogen (secondary N) is 1. The van der Waals surface area contributed by atoms with E-state index in [4.69, 9.17) is 0 Å². The largest absolute Gasteiger partial charge is 0.401 e. The van der Waals surface area contributed by atoms with Gasteiger partial charge in [0.15, 0.2) is 0 Å². The van der Waals surface area contributed by atoms with E-state index in [2.05, 4.69) is 22.3 Å². The van der Waals surface area contributed by atoms with Crippen molar-refractivity contribution in [2.75, 3.05) is 19.6 Å². The molecule has 0 saturated carbocycles. The van der Waals surface area contributed by atoms with Crippen molar-refractivity contribution in [1.29, 1.82) is 0 Å². The number of rotatable bonds is 4. The molecule has 94 valence electrons. The summed E-state index contributed by atoms with van der Waals surface area (Å²) in [5.41, 5.74) is 2.56. The molecule has 0 aromatic heterocycles. The molecule has 0 radical (unpaired) electrons. The Balaban J connectivity index is 1.70. The first-order valence-electron chi connectivity index (χ1n) is 5.61. The lowest BCUT2D eigenvalue weighted by atomic mass is 10.1. The smallest absolute Gasteiger partial charge is 0.307 e. The summed E-state index contributed by atoms with van der Waals surface area (Å²) in [6.45, 7) is 1.78. The molecule has 1 heterocycles. The first-order chi connectivity index (χ1) is 8.04. The van der Waals surface area contributed by atoms with Crippen LogP contribution in [0.5, 0.6) is 0 Å². The molecule has 0 amide bonds. The van der Waals surface area contributed by atoms with E-state index in [0.29, 0.717) is 13.1 Å². The van der Waals surface area contributed by atoms with Crippen LogP contribution in [0.2, 0.25) is 0 Å². The zero-order chi connectivity index (χ0) is 12.3. The van der Waals surface area contributed by atoms with Gasteiger partial charge in [0.2, 0.25) is 0 Å². The number of benzene rings is 1. The van der Waals surface area contributed by atoms with Gasteiger partial charge in [-0.25, -0.2) is 0 Å². The Morgan fingerprint density at radius 2 is 1.71 bits per heavy atom. The van der Waals surface area contributed by atoms with Crippen LogP contribution >= 0.6 is 0 Å². The molecule has 0 unspecified atom stereocenters. The fourth-order valence-corrected chi connectivity index (χ4v) is 2.03. The molecule has 17 heavy (non-hydrogen) atoms. The second-order valence-electron chi connectivity index (χ2n) is 4.27. The van der Waals surface area contributed by atoms with Gasteiger partial charge < -0.3 is 5.32 Å². The number of nitrogens with zero attached hydrogens (tertiary/aromatic N) is 1. The topological polar surface area (TPSA) is 15.3 Å². The Bertz CT molecular complexity index is 351. The van der Waals surface area contributed by atoms with Gasteiger partial charge in [0.1, 0.15) is 0 Å². The monoisotopic (exact) mass is 244 g/mol. The van der Waals surface area contributed by atoms with Crippen LogP contribution in [0.4, 0.5) is 13.2 Å². The molecular weight excluding hydrogens is 229 g/mol. The fraction of sp³-hybridized carbons (Fsp3) is 0.500. The Morgan fingerprint density at radius 3 is 2.24 bits per heavy atom. The van der Waals surface area contributed by atoms with Crippen molar-refractivity contribution in [3.63, 3.8) is 0 Å². The summed E-state index contributed by atoms with van der Waals surface area (Å²) >= 11 is 0. The number of hydrogen-bond donors (Lipinski definition) is 1. The molecule has 0 spiro atoms. The first-order valence-corrected chi connectivity index (χ1v) is 5.61. The van der Waals surface area contributed by atoms with Crippen LogP contribution < -0.4 is 5.32 Å². The normalized spacial score (nSPS) is 16.2. The molecule has 2 nitrogen and oxygen atoms in total. The van der Waals surface area contributed by atoms with Crippen molar-refractivity contribution in [2.45, 2.75) is 19.3 Å². The van der Waals surface area contributed by atoms with E-state index in [1.54, 1.807) is 0 Å². The van der Waals surface area contributed by atoms with Gasteiger partial charge in [0.25, 0.3) is 0 Å². The highest BCUT2D eigenvalue weighted by Gasteiger charge is 2.26. The Kier molecular flexibility index (Phi) is 3.69. The molecule has 0 fully saturated rings. The van der Waals surface area contributed by atoms with Gasteiger partial charge in [-0.1, -0.05) is 24.3 Å². The quantitative estimate of drug-likeness (QED) is 0.816. The summed E-state index contributed by atoms with van der Waals surface area (Å²) in [7, 11) is 0. The summed E-state index contributed by atoms with van der Waals surface area (Å²) in [5.74, 6) is 0. The number of fused-ring (bicyclic) bond motifs is 1. The molecule has 0 aliphatic carbocycles. The fourth-order valence-electron chi connectivity index (χ4n) is 2.03. The maximum absolute atomic E-state index is 11.9. The van der Waals surface area contributed by atoms with Crippen LogP contribution in [0.25, 0.3) is 0 Å². The molecule has 2 rings (SSSR count). The van der Waals surface area contributed by atoms with E-state index >= 15 is 0 Å². The number of alkyl halides is 3. The molecule has 1 aromatic rings. The Hall–Kier alpha value is -1.07. The second-order valence-corrected chi connectivity index (χ2v) is 4.27. The summed E-state index contributed by atoms with van der Waals surface area (Å²) in [4.78, 5) is 2.15. The standard InChI is InChI=1S/C12H15F3N2/c13-12(14,15)9-16-5-6-17-7-10-3-1-2-4-11(10)8-17/h1-4,16H,5-9H2. The SMILES string of the molecule is FC(F)(F)CNCCN1Cc2ccccc2C1. The van der Waals surface area contributed by atoms with Gasteiger partial charge >= 0.3 is 6.18 Å². The lowest BCUT2D eigenvalue weighted by Gasteiger charge is -2.15. The van der Waals surface area contributed by atoms with Crippen LogP contribution in [-0.4, -0.2) is 30.7 Å². The highest BCUT2D eigenvalue weighted by Crippen LogP contribution is 2.21. The van der Waals surface area contributed by atoms with Crippen molar-refractivity contribution in [3.05, 3.63) is 35.4 Å². The number of halogens is 3. The van der Waals surface area contributed by atoms with E-state index in [9.17, 15) is 13.2 Å². The molecular formula is C12H15F3N2. The molecule has 0 saturated heterocycles. The molecule has 1 aromatic carbocycles. The minimum absolute atomic E-state index is 0.369. The van der Waals surface area contributed by atoms with Gasteiger partial charge in [-0.05, 0) is 11.1 Å². The molecule has 0 atom stereocenters. The van der Waals surface area contributed by atoms with Crippen LogP contribution in [0.1, 0.15) is 11.1 Å². The highest BCUT2D eigenvalue weighted by atomic mass is 19.4. The van der Waals surface area contributed by atoms with Gasteiger partial charge in [-0.15, -0.1) is 0 Å². The van der Waals surface area contributed by atoms with E-state index in [-0.39, 0.29) is 0 Å². The first kappa shape index (κ1) is 12.4. The molecule has 1 aliphatic rings. The average molecular weight is 244 g/mol. The zero-order valence-electron chi connectivity index (χ0n) is 9.43. The van der Waals surface area contributed by atoms with Crippen molar-refractivity contribution >= 4 is 0 Å². The Morgan fingerprint density at radius 1 is 1.12 bits per heavy atom. The minimum atomic E-state index is -4.12. The maximum Gasteiger partial charge on any atom is 0.401 e. The molecule has 1 aliphatic heterocycles. The van der Waals surface area contributed by atoms with Crippen LogP contribution in [0.3, 0.4) is 0 Å². The molecule has 0 bridgehead atoms. The summed E-state index contributed by atoms with van der Waals surface area (Å²) in [6, 6.07) is 8.12. The van der Waals surface area contributed by atoms with Crippen LogP contribution in [-0.2, 0) is 13.1 Å². The van der Waals surface area contributed by atoms with Crippen LogP contribution in [0.15, 0.2) is 24.3 Å². The summed E-state index contributed by atoms with van der Waals surface area (Å²) in [5, 5.41) is 2.41. The zero-order valence-corrected chi connectivity index (χ0v) is 9.43. The third-order valence-corrected chi connectivity index (χ3v) is 2.84. The van der Waals surface area contributed by atoms with E-state index in [1.165, 1.54) is 11.1 Å². The van der Waals surface area contributed by atoms with Crippen molar-refractivity contribution in [1.82, 2.24) is 10.2 Å². The summed E-state index contributed by atoms with van der Waals surface area (Å²) in [6.07, 6.45) is -4.12. The predicted molar refractivity (Wildman–Crippen MR) is 59.5 cm³/mol. The van der Waals surface area contributed by atoms with Gasteiger partial charge in [0.05, 0.1) is 6.54 Å². The maximum atomic E-state index is 11.9. The third kappa shape index (κ3) is 3.71. The van der Waals surface area contributed by atoms with Gasteiger partial charge in [0, 0.05) is 26.2 Å².